The fourth-order valence-electron chi connectivity index (χ4n) is 2.42. The number of hydrogen-bond acceptors (Lipinski definition) is 3. The molecule has 0 amide bonds. The molecule has 1 aromatic rings. The lowest BCUT2D eigenvalue weighted by atomic mass is 9.90. The van der Waals surface area contributed by atoms with Gasteiger partial charge in [0.15, 0.2) is 0 Å². The van der Waals surface area contributed by atoms with Crippen LogP contribution in [-0.4, -0.2) is 17.5 Å². The lowest BCUT2D eigenvalue weighted by molar-refractivity contribution is 0.209. The summed E-state index contributed by atoms with van der Waals surface area (Å²) in [5.41, 5.74) is 1.54. The maximum atomic E-state index is 8.69. The van der Waals surface area contributed by atoms with Gasteiger partial charge in [0.25, 0.3) is 0 Å². The Balaban J connectivity index is 1.86. The maximum Gasteiger partial charge on any atom is 0.119 e. The van der Waals surface area contributed by atoms with Gasteiger partial charge in [0.05, 0.1) is 12.3 Å². The fraction of sp³-hybridized carbons (Fsp3) is 0.533. The van der Waals surface area contributed by atoms with E-state index in [2.05, 4.69) is 5.16 Å². The SMILES string of the molecule is C/C(=N\O)c1ccc(OCC2CCCCC2)cc1. The van der Waals surface area contributed by atoms with Gasteiger partial charge >= 0.3 is 0 Å². The van der Waals surface area contributed by atoms with E-state index in [1.807, 2.05) is 24.3 Å². The third-order valence-electron chi connectivity index (χ3n) is 3.63. The first-order valence-corrected chi connectivity index (χ1v) is 6.71. The molecule has 0 unspecified atom stereocenters. The third kappa shape index (κ3) is 3.49. The van der Waals surface area contributed by atoms with Crippen LogP contribution in [0.1, 0.15) is 44.6 Å². The lowest BCUT2D eigenvalue weighted by Gasteiger charge is -2.21. The van der Waals surface area contributed by atoms with Crippen molar-refractivity contribution in [1.82, 2.24) is 0 Å². The van der Waals surface area contributed by atoms with E-state index < -0.39 is 0 Å². The largest absolute Gasteiger partial charge is 0.493 e. The molecule has 3 nitrogen and oxygen atoms in total. The molecule has 0 spiro atoms. The van der Waals surface area contributed by atoms with Crippen molar-refractivity contribution >= 4 is 5.71 Å². The van der Waals surface area contributed by atoms with Gasteiger partial charge in [0.1, 0.15) is 5.75 Å². The molecule has 1 saturated carbocycles. The lowest BCUT2D eigenvalue weighted by Crippen LogP contribution is -2.15. The van der Waals surface area contributed by atoms with Crippen LogP contribution in [-0.2, 0) is 0 Å². The van der Waals surface area contributed by atoms with Crippen molar-refractivity contribution in [2.45, 2.75) is 39.0 Å². The summed E-state index contributed by atoms with van der Waals surface area (Å²) in [5.74, 6) is 1.62. The summed E-state index contributed by atoms with van der Waals surface area (Å²) in [6.07, 6.45) is 6.67. The number of oxime groups is 1. The number of benzene rings is 1. The molecule has 98 valence electrons. The fourth-order valence-corrected chi connectivity index (χ4v) is 2.42. The second-order valence-electron chi connectivity index (χ2n) is 5.02. The monoisotopic (exact) mass is 247 g/mol. The smallest absolute Gasteiger partial charge is 0.119 e. The highest BCUT2D eigenvalue weighted by Crippen LogP contribution is 2.24. The molecule has 18 heavy (non-hydrogen) atoms. The summed E-state index contributed by atoms with van der Waals surface area (Å²) in [6, 6.07) is 7.72. The Morgan fingerprint density at radius 2 is 1.89 bits per heavy atom. The average molecular weight is 247 g/mol. The first-order chi connectivity index (χ1) is 8.79. The summed E-state index contributed by atoms with van der Waals surface area (Å²) < 4.78 is 5.81. The van der Waals surface area contributed by atoms with Crippen LogP contribution in [0.15, 0.2) is 29.4 Å². The molecule has 1 aliphatic carbocycles. The molecule has 0 aliphatic heterocycles. The van der Waals surface area contributed by atoms with Crippen molar-refractivity contribution in [2.75, 3.05) is 6.61 Å². The Kier molecular flexibility index (Phi) is 4.62. The summed E-state index contributed by atoms with van der Waals surface area (Å²) in [7, 11) is 0. The standard InChI is InChI=1S/C15H21NO2/c1-12(16-17)14-7-9-15(10-8-14)18-11-13-5-3-2-4-6-13/h7-10,13,17H,2-6,11H2,1H3/b16-12+. The third-order valence-corrected chi connectivity index (χ3v) is 3.63. The topological polar surface area (TPSA) is 41.8 Å². The number of hydrogen-bond donors (Lipinski definition) is 1. The van der Waals surface area contributed by atoms with E-state index in [-0.39, 0.29) is 0 Å². The Hall–Kier alpha value is -1.51. The van der Waals surface area contributed by atoms with Crippen molar-refractivity contribution < 1.29 is 9.94 Å². The van der Waals surface area contributed by atoms with Crippen LogP contribution in [0.3, 0.4) is 0 Å². The van der Waals surface area contributed by atoms with E-state index >= 15 is 0 Å². The van der Waals surface area contributed by atoms with Crippen LogP contribution in [0.2, 0.25) is 0 Å². The molecule has 1 N–H and O–H groups in total. The van der Waals surface area contributed by atoms with E-state index in [4.69, 9.17) is 9.94 Å². The van der Waals surface area contributed by atoms with Crippen LogP contribution < -0.4 is 4.74 Å². The molecule has 2 rings (SSSR count). The zero-order valence-electron chi connectivity index (χ0n) is 10.9. The molecule has 0 atom stereocenters. The second kappa shape index (κ2) is 6.43. The summed E-state index contributed by atoms with van der Waals surface area (Å²) in [4.78, 5) is 0. The van der Waals surface area contributed by atoms with Crippen LogP contribution in [0.5, 0.6) is 5.75 Å². The molecular weight excluding hydrogens is 226 g/mol. The second-order valence-corrected chi connectivity index (χ2v) is 5.02. The quantitative estimate of drug-likeness (QED) is 0.499. The van der Waals surface area contributed by atoms with Crippen molar-refractivity contribution in [3.63, 3.8) is 0 Å². The predicted molar refractivity (Wildman–Crippen MR) is 72.5 cm³/mol. The maximum absolute atomic E-state index is 8.69. The Morgan fingerprint density at radius 1 is 1.22 bits per heavy atom. The molecule has 3 heteroatoms. The Labute approximate surface area is 108 Å². The molecule has 1 aliphatic rings. The van der Waals surface area contributed by atoms with Crippen LogP contribution >= 0.6 is 0 Å². The first kappa shape index (κ1) is 12.9. The van der Waals surface area contributed by atoms with Crippen molar-refractivity contribution in [1.29, 1.82) is 0 Å². The molecule has 1 aromatic carbocycles. The van der Waals surface area contributed by atoms with E-state index in [1.54, 1.807) is 6.92 Å². The first-order valence-electron chi connectivity index (χ1n) is 6.71. The van der Waals surface area contributed by atoms with E-state index in [1.165, 1.54) is 32.1 Å². The molecule has 1 fully saturated rings. The van der Waals surface area contributed by atoms with Gasteiger partial charge in [-0.15, -0.1) is 0 Å². The highest BCUT2D eigenvalue weighted by Gasteiger charge is 2.13. The van der Waals surface area contributed by atoms with Gasteiger partial charge in [0, 0.05) is 0 Å². The average Bonchev–Trinajstić information content (AvgIpc) is 2.46. The van der Waals surface area contributed by atoms with Gasteiger partial charge in [-0.25, -0.2) is 0 Å². The van der Waals surface area contributed by atoms with Gasteiger partial charge in [-0.1, -0.05) is 24.4 Å². The van der Waals surface area contributed by atoms with Crippen LogP contribution in [0.4, 0.5) is 0 Å². The van der Waals surface area contributed by atoms with Gasteiger partial charge in [-0.2, -0.15) is 0 Å². The molecular formula is C15H21NO2. The van der Waals surface area contributed by atoms with Gasteiger partial charge in [0.2, 0.25) is 0 Å². The molecule has 0 bridgehead atoms. The number of ether oxygens (including phenoxy) is 1. The van der Waals surface area contributed by atoms with Crippen molar-refractivity contribution in [2.24, 2.45) is 11.1 Å². The van der Waals surface area contributed by atoms with E-state index in [9.17, 15) is 0 Å². The number of rotatable bonds is 4. The summed E-state index contributed by atoms with van der Waals surface area (Å²) >= 11 is 0. The Bertz CT molecular complexity index is 391. The van der Waals surface area contributed by atoms with Crippen molar-refractivity contribution in [3.05, 3.63) is 29.8 Å². The van der Waals surface area contributed by atoms with Crippen molar-refractivity contribution in [3.8, 4) is 5.75 Å². The number of nitrogens with zero attached hydrogens (tertiary/aromatic N) is 1. The minimum absolute atomic E-state index is 0.619. The molecule has 0 heterocycles. The molecule has 0 radical (unpaired) electrons. The normalized spacial score (nSPS) is 17.7. The van der Waals surface area contributed by atoms with E-state index in [0.29, 0.717) is 5.71 Å². The van der Waals surface area contributed by atoms with Crippen LogP contribution in [0.25, 0.3) is 0 Å². The molecule has 0 saturated heterocycles. The van der Waals surface area contributed by atoms with Crippen LogP contribution in [0, 0.1) is 5.92 Å². The zero-order chi connectivity index (χ0) is 12.8. The zero-order valence-corrected chi connectivity index (χ0v) is 10.9. The highest BCUT2D eigenvalue weighted by molar-refractivity contribution is 5.98. The Morgan fingerprint density at radius 3 is 2.50 bits per heavy atom. The summed E-state index contributed by atoms with van der Waals surface area (Å²) in [5, 5.41) is 11.9. The van der Waals surface area contributed by atoms with Gasteiger partial charge < -0.3 is 9.94 Å². The summed E-state index contributed by atoms with van der Waals surface area (Å²) in [6.45, 7) is 2.60. The minimum atomic E-state index is 0.619. The van der Waals surface area contributed by atoms with E-state index in [0.717, 1.165) is 23.8 Å². The van der Waals surface area contributed by atoms with Gasteiger partial charge in [-0.05, 0) is 55.5 Å². The highest BCUT2D eigenvalue weighted by atomic mass is 16.5. The molecule has 0 aromatic heterocycles. The minimum Gasteiger partial charge on any atom is -0.493 e. The predicted octanol–water partition coefficient (Wildman–Crippen LogP) is 3.84. The van der Waals surface area contributed by atoms with Gasteiger partial charge in [-0.3, -0.25) is 0 Å².